The molecule has 124 valence electrons. The summed E-state index contributed by atoms with van der Waals surface area (Å²) < 4.78 is 1.25. The van der Waals surface area contributed by atoms with Gasteiger partial charge in [-0.1, -0.05) is 43.7 Å². The van der Waals surface area contributed by atoms with Crippen molar-refractivity contribution in [1.29, 1.82) is 0 Å². The lowest BCUT2D eigenvalue weighted by atomic mass is 10.2. The molecule has 3 rings (SSSR count). The molecular formula is C18H20N4O2. The van der Waals surface area contributed by atoms with Gasteiger partial charge in [-0.05, 0) is 12.0 Å². The summed E-state index contributed by atoms with van der Waals surface area (Å²) in [7, 11) is 0. The number of unbranched alkanes of at least 4 members (excludes halogenated alkanes) is 1. The average molecular weight is 324 g/mol. The number of pyridine rings is 1. The van der Waals surface area contributed by atoms with Crippen molar-refractivity contribution < 1.29 is 4.84 Å². The summed E-state index contributed by atoms with van der Waals surface area (Å²) in [6, 6.07) is 11.5. The number of anilines is 1. The maximum atomic E-state index is 12.4. The van der Waals surface area contributed by atoms with Crippen LogP contribution in [0.25, 0.3) is 11.0 Å². The topological polar surface area (TPSA) is 69.0 Å². The van der Waals surface area contributed by atoms with Gasteiger partial charge in [-0.3, -0.25) is 4.79 Å². The molecule has 0 aliphatic heterocycles. The molecule has 6 heteroatoms. The van der Waals surface area contributed by atoms with Crippen LogP contribution >= 0.6 is 0 Å². The van der Waals surface area contributed by atoms with Gasteiger partial charge in [-0.15, -0.1) is 4.73 Å². The molecule has 0 atom stereocenters. The maximum Gasteiger partial charge on any atom is 0.287 e. The molecule has 6 nitrogen and oxygen atoms in total. The first-order valence-electron chi connectivity index (χ1n) is 8.06. The largest absolute Gasteiger partial charge is 0.409 e. The van der Waals surface area contributed by atoms with Gasteiger partial charge in [0.15, 0.2) is 5.65 Å². The third kappa shape index (κ3) is 3.53. The highest BCUT2D eigenvalue weighted by atomic mass is 16.7. The second-order valence-electron chi connectivity index (χ2n) is 5.48. The van der Waals surface area contributed by atoms with Gasteiger partial charge in [-0.2, -0.15) is 0 Å². The first kappa shape index (κ1) is 16.0. The number of rotatable bonds is 7. The van der Waals surface area contributed by atoms with Gasteiger partial charge in [0.25, 0.3) is 5.56 Å². The van der Waals surface area contributed by atoms with E-state index in [4.69, 9.17) is 4.84 Å². The number of fused-ring (bicyclic) bond motifs is 1. The number of benzene rings is 1. The second-order valence-corrected chi connectivity index (χ2v) is 5.48. The molecule has 0 aliphatic rings. The SMILES string of the molecule is CCCCOn1c(=O)cc(NCc2ccccc2)c2cncnc21. The molecule has 0 unspecified atom stereocenters. The minimum Gasteiger partial charge on any atom is -0.409 e. The third-order valence-electron chi connectivity index (χ3n) is 3.69. The highest BCUT2D eigenvalue weighted by molar-refractivity contribution is 5.87. The summed E-state index contributed by atoms with van der Waals surface area (Å²) in [4.78, 5) is 26.3. The van der Waals surface area contributed by atoms with Crippen LogP contribution in [0.3, 0.4) is 0 Å². The van der Waals surface area contributed by atoms with Crippen molar-refractivity contribution in [2.24, 2.45) is 0 Å². The second kappa shape index (κ2) is 7.59. The lowest BCUT2D eigenvalue weighted by Gasteiger charge is -2.14. The molecule has 0 radical (unpaired) electrons. The summed E-state index contributed by atoms with van der Waals surface area (Å²) in [5.74, 6) is 0. The number of hydrogen-bond donors (Lipinski definition) is 1. The molecule has 0 saturated heterocycles. The van der Waals surface area contributed by atoms with Crippen LogP contribution in [0.5, 0.6) is 0 Å². The molecule has 3 aromatic rings. The van der Waals surface area contributed by atoms with E-state index in [-0.39, 0.29) is 5.56 Å². The van der Waals surface area contributed by atoms with Crippen molar-refractivity contribution in [3.63, 3.8) is 0 Å². The van der Waals surface area contributed by atoms with E-state index in [0.717, 1.165) is 23.8 Å². The Labute approximate surface area is 140 Å². The van der Waals surface area contributed by atoms with Crippen LogP contribution in [0.1, 0.15) is 25.3 Å². The molecule has 2 heterocycles. The molecule has 2 aromatic heterocycles. The van der Waals surface area contributed by atoms with Crippen LogP contribution in [0.15, 0.2) is 53.7 Å². The van der Waals surface area contributed by atoms with E-state index in [2.05, 4.69) is 22.2 Å². The van der Waals surface area contributed by atoms with Gasteiger partial charge in [0.2, 0.25) is 0 Å². The zero-order valence-electron chi connectivity index (χ0n) is 13.6. The van der Waals surface area contributed by atoms with Crippen molar-refractivity contribution in [1.82, 2.24) is 14.7 Å². The molecular weight excluding hydrogens is 304 g/mol. The average Bonchev–Trinajstić information content (AvgIpc) is 2.63. The van der Waals surface area contributed by atoms with Crippen molar-refractivity contribution >= 4 is 16.7 Å². The van der Waals surface area contributed by atoms with E-state index in [1.54, 1.807) is 6.20 Å². The summed E-state index contributed by atoms with van der Waals surface area (Å²) >= 11 is 0. The third-order valence-corrected chi connectivity index (χ3v) is 3.69. The predicted octanol–water partition coefficient (Wildman–Crippen LogP) is 2.63. The molecule has 0 amide bonds. The van der Waals surface area contributed by atoms with Gasteiger partial charge in [0, 0.05) is 18.8 Å². The normalized spacial score (nSPS) is 10.7. The molecule has 0 fully saturated rings. The Morgan fingerprint density at radius 2 is 2.08 bits per heavy atom. The lowest BCUT2D eigenvalue weighted by molar-refractivity contribution is 0.108. The summed E-state index contributed by atoms with van der Waals surface area (Å²) in [5, 5.41) is 4.04. The summed E-state index contributed by atoms with van der Waals surface area (Å²) in [5.41, 5.74) is 2.07. The van der Waals surface area contributed by atoms with Crippen LogP contribution in [-0.4, -0.2) is 21.3 Å². The Morgan fingerprint density at radius 1 is 1.25 bits per heavy atom. The van der Waals surface area contributed by atoms with Gasteiger partial charge >= 0.3 is 0 Å². The van der Waals surface area contributed by atoms with Crippen LogP contribution < -0.4 is 15.7 Å². The Morgan fingerprint density at radius 3 is 2.88 bits per heavy atom. The molecule has 0 spiro atoms. The number of nitrogens with zero attached hydrogens (tertiary/aromatic N) is 3. The van der Waals surface area contributed by atoms with Crippen LogP contribution in [-0.2, 0) is 6.54 Å². The van der Waals surface area contributed by atoms with E-state index in [1.807, 2.05) is 30.3 Å². The van der Waals surface area contributed by atoms with Crippen LogP contribution in [0.4, 0.5) is 5.69 Å². The lowest BCUT2D eigenvalue weighted by Crippen LogP contribution is -2.28. The first-order chi connectivity index (χ1) is 11.8. The highest BCUT2D eigenvalue weighted by Gasteiger charge is 2.11. The fourth-order valence-electron chi connectivity index (χ4n) is 2.40. The molecule has 1 N–H and O–H groups in total. The molecule has 0 saturated carbocycles. The highest BCUT2D eigenvalue weighted by Crippen LogP contribution is 2.19. The molecule has 24 heavy (non-hydrogen) atoms. The van der Waals surface area contributed by atoms with Gasteiger partial charge < -0.3 is 10.2 Å². The van der Waals surface area contributed by atoms with Crippen molar-refractivity contribution in [2.45, 2.75) is 26.3 Å². The minimum atomic E-state index is -0.243. The van der Waals surface area contributed by atoms with Gasteiger partial charge in [0.1, 0.15) is 12.9 Å². The Bertz CT molecular complexity index is 862. The Hall–Kier alpha value is -2.89. The predicted molar refractivity (Wildman–Crippen MR) is 93.9 cm³/mol. The zero-order chi connectivity index (χ0) is 16.8. The number of aromatic nitrogens is 3. The van der Waals surface area contributed by atoms with E-state index >= 15 is 0 Å². The Kier molecular flexibility index (Phi) is 5.05. The number of hydrogen-bond acceptors (Lipinski definition) is 5. The maximum absolute atomic E-state index is 12.4. The van der Waals surface area contributed by atoms with Crippen molar-refractivity contribution in [2.75, 3.05) is 11.9 Å². The monoisotopic (exact) mass is 324 g/mol. The van der Waals surface area contributed by atoms with E-state index in [1.165, 1.54) is 17.1 Å². The molecule has 0 bridgehead atoms. The standard InChI is InChI=1S/C18H20N4O2/c1-2-3-9-24-22-17(23)10-16(15-12-19-13-21-18(15)22)20-11-14-7-5-4-6-8-14/h4-8,10,12-13,20H,2-3,9,11H2,1H3. The van der Waals surface area contributed by atoms with Gasteiger partial charge in [0.05, 0.1) is 11.1 Å². The fraction of sp³-hybridized carbons (Fsp3) is 0.278. The van der Waals surface area contributed by atoms with Crippen molar-refractivity contribution in [3.05, 3.63) is 64.8 Å². The van der Waals surface area contributed by atoms with Crippen LogP contribution in [0.2, 0.25) is 0 Å². The zero-order valence-corrected chi connectivity index (χ0v) is 13.6. The smallest absolute Gasteiger partial charge is 0.287 e. The Balaban J connectivity index is 1.91. The first-order valence-corrected chi connectivity index (χ1v) is 8.06. The van der Waals surface area contributed by atoms with E-state index < -0.39 is 0 Å². The minimum absolute atomic E-state index is 0.243. The van der Waals surface area contributed by atoms with Crippen LogP contribution in [0, 0.1) is 0 Å². The van der Waals surface area contributed by atoms with E-state index in [0.29, 0.717) is 24.5 Å². The quantitative estimate of drug-likeness (QED) is 0.677. The van der Waals surface area contributed by atoms with E-state index in [9.17, 15) is 4.79 Å². The molecule has 1 aromatic carbocycles. The fourth-order valence-corrected chi connectivity index (χ4v) is 2.40. The molecule has 0 aliphatic carbocycles. The summed E-state index contributed by atoms with van der Waals surface area (Å²) in [6.45, 7) is 3.17. The summed E-state index contributed by atoms with van der Waals surface area (Å²) in [6.07, 6.45) is 4.99. The van der Waals surface area contributed by atoms with Crippen molar-refractivity contribution in [3.8, 4) is 0 Å². The van der Waals surface area contributed by atoms with Gasteiger partial charge in [-0.25, -0.2) is 9.97 Å². The number of nitrogens with one attached hydrogen (secondary N) is 1.